The fourth-order valence-electron chi connectivity index (χ4n) is 2.44. The average molecular weight is 428 g/mol. The van der Waals surface area contributed by atoms with Crippen LogP contribution in [0.4, 0.5) is 13.2 Å². The molecule has 0 heterocycles. The summed E-state index contributed by atoms with van der Waals surface area (Å²) in [5, 5.41) is 0. The van der Waals surface area contributed by atoms with Gasteiger partial charge in [-0.2, -0.15) is 17.5 Å². The first kappa shape index (κ1) is 24.2. The maximum Gasteiger partial charge on any atom is 0.446 e. The van der Waals surface area contributed by atoms with Gasteiger partial charge in [0, 0.05) is 18.0 Å². The molecule has 0 saturated heterocycles. The highest BCUT2D eigenvalue weighted by Crippen LogP contribution is 2.37. The SMILES string of the molecule is CN(C)CCCN(CCCN(C)C)S(=O)(=O)c1ccc(SC(F)(F)F)cc1. The predicted octanol–water partition coefficient (Wildman–Crippen LogP) is 3.19. The second kappa shape index (κ2) is 10.7. The molecule has 0 amide bonds. The van der Waals surface area contributed by atoms with E-state index in [0.29, 0.717) is 25.9 Å². The monoisotopic (exact) mass is 427 g/mol. The van der Waals surface area contributed by atoms with Crippen molar-refractivity contribution in [1.82, 2.24) is 14.1 Å². The Bertz CT molecular complexity index is 649. The van der Waals surface area contributed by atoms with Crippen LogP contribution in [-0.4, -0.2) is 82.4 Å². The number of alkyl halides is 3. The molecule has 0 aromatic heterocycles. The molecule has 0 saturated carbocycles. The van der Waals surface area contributed by atoms with Crippen LogP contribution in [0.1, 0.15) is 12.8 Å². The van der Waals surface area contributed by atoms with Gasteiger partial charge in [0.2, 0.25) is 10.0 Å². The summed E-state index contributed by atoms with van der Waals surface area (Å²) in [6.45, 7) is 2.24. The quantitative estimate of drug-likeness (QED) is 0.508. The lowest BCUT2D eigenvalue weighted by atomic mass is 10.3. The second-order valence-corrected chi connectivity index (χ2v) is 9.81. The molecule has 27 heavy (non-hydrogen) atoms. The second-order valence-electron chi connectivity index (χ2n) is 6.74. The van der Waals surface area contributed by atoms with Crippen LogP contribution in [0, 0.1) is 0 Å². The molecule has 0 spiro atoms. The van der Waals surface area contributed by atoms with E-state index < -0.39 is 15.5 Å². The molecule has 1 aromatic rings. The van der Waals surface area contributed by atoms with Crippen molar-refractivity contribution >= 4 is 21.8 Å². The first-order valence-corrected chi connectivity index (χ1v) is 10.8. The summed E-state index contributed by atoms with van der Waals surface area (Å²) in [5.74, 6) is 0. The van der Waals surface area contributed by atoms with Crippen LogP contribution < -0.4 is 0 Å². The molecule has 0 fully saturated rings. The third-order valence-corrected chi connectivity index (χ3v) is 6.37. The summed E-state index contributed by atoms with van der Waals surface area (Å²) in [6.07, 6.45) is 1.35. The molecule has 0 aliphatic heterocycles. The number of rotatable bonds is 11. The summed E-state index contributed by atoms with van der Waals surface area (Å²) in [4.78, 5) is 3.94. The highest BCUT2D eigenvalue weighted by molar-refractivity contribution is 8.00. The predicted molar refractivity (Wildman–Crippen MR) is 103 cm³/mol. The maximum atomic E-state index is 13.0. The van der Waals surface area contributed by atoms with Gasteiger partial charge >= 0.3 is 5.51 Å². The number of hydrogen-bond donors (Lipinski definition) is 0. The number of hydrogen-bond acceptors (Lipinski definition) is 5. The Hall–Kier alpha value is -0.810. The van der Waals surface area contributed by atoms with Crippen LogP contribution in [0.5, 0.6) is 0 Å². The van der Waals surface area contributed by atoms with Crippen LogP contribution in [0.25, 0.3) is 0 Å². The third-order valence-electron chi connectivity index (χ3n) is 3.72. The van der Waals surface area contributed by atoms with Gasteiger partial charge in [0.25, 0.3) is 0 Å². The smallest absolute Gasteiger partial charge is 0.309 e. The minimum Gasteiger partial charge on any atom is -0.309 e. The zero-order chi connectivity index (χ0) is 20.7. The van der Waals surface area contributed by atoms with Crippen molar-refractivity contribution in [2.45, 2.75) is 28.1 Å². The minimum atomic E-state index is -4.40. The fraction of sp³-hybridized carbons (Fsp3) is 0.647. The zero-order valence-corrected chi connectivity index (χ0v) is 17.8. The molecular formula is C17H28F3N3O2S2. The molecule has 5 nitrogen and oxygen atoms in total. The lowest BCUT2D eigenvalue weighted by Gasteiger charge is -2.24. The fourth-order valence-corrected chi connectivity index (χ4v) is 4.50. The van der Waals surface area contributed by atoms with Crippen LogP contribution in [0.3, 0.4) is 0 Å². The number of benzene rings is 1. The molecule has 0 atom stereocenters. The summed E-state index contributed by atoms with van der Waals surface area (Å²) < 4.78 is 64.6. The molecule has 0 radical (unpaired) electrons. The number of nitrogens with zero attached hydrogens (tertiary/aromatic N) is 3. The van der Waals surface area contributed by atoms with Crippen molar-refractivity contribution in [3.05, 3.63) is 24.3 Å². The van der Waals surface area contributed by atoms with E-state index in [1.165, 1.54) is 28.6 Å². The van der Waals surface area contributed by atoms with E-state index in [-0.39, 0.29) is 21.6 Å². The van der Waals surface area contributed by atoms with Crippen LogP contribution in [0.15, 0.2) is 34.1 Å². The third kappa shape index (κ3) is 9.29. The van der Waals surface area contributed by atoms with Crippen LogP contribution in [0.2, 0.25) is 0 Å². The van der Waals surface area contributed by atoms with Gasteiger partial charge < -0.3 is 9.80 Å². The largest absolute Gasteiger partial charge is 0.446 e. The van der Waals surface area contributed by atoms with E-state index in [1.54, 1.807) is 0 Å². The van der Waals surface area contributed by atoms with Gasteiger partial charge in [0.05, 0.1) is 4.90 Å². The van der Waals surface area contributed by atoms with Crippen LogP contribution >= 0.6 is 11.8 Å². The summed E-state index contributed by atoms with van der Waals surface area (Å²) in [6, 6.07) is 4.88. The van der Waals surface area contributed by atoms with Gasteiger partial charge in [-0.3, -0.25) is 0 Å². The number of sulfonamides is 1. The van der Waals surface area contributed by atoms with Gasteiger partial charge in [-0.1, -0.05) is 0 Å². The summed E-state index contributed by atoms with van der Waals surface area (Å²) in [7, 11) is 3.92. The van der Waals surface area contributed by atoms with Gasteiger partial charge in [0.15, 0.2) is 0 Å². The van der Waals surface area contributed by atoms with Gasteiger partial charge in [-0.15, -0.1) is 0 Å². The molecule has 156 valence electrons. The molecule has 0 aliphatic rings. The van der Waals surface area contributed by atoms with Crippen molar-refractivity contribution in [3.63, 3.8) is 0 Å². The van der Waals surface area contributed by atoms with Gasteiger partial charge in [-0.25, -0.2) is 8.42 Å². The van der Waals surface area contributed by atoms with Gasteiger partial charge in [0.1, 0.15) is 0 Å². The molecule has 10 heteroatoms. The molecule has 0 unspecified atom stereocenters. The van der Waals surface area contributed by atoms with E-state index >= 15 is 0 Å². The first-order chi connectivity index (χ1) is 12.4. The molecular weight excluding hydrogens is 399 g/mol. The minimum absolute atomic E-state index is 0.0173. The standard InChI is InChI=1S/C17H28F3N3O2S2/c1-21(2)11-5-13-23(14-6-12-22(3)4)27(24,25)16-9-7-15(8-10-16)26-17(18,19)20/h7-10H,5-6,11-14H2,1-4H3. The van der Waals surface area contributed by atoms with Gasteiger partial charge in [-0.05, 0) is 90.1 Å². The van der Waals surface area contributed by atoms with E-state index in [0.717, 1.165) is 13.1 Å². The van der Waals surface area contributed by atoms with Crippen molar-refractivity contribution in [2.75, 3.05) is 54.4 Å². The lowest BCUT2D eigenvalue weighted by Crippen LogP contribution is -2.35. The Morgan fingerprint density at radius 1 is 0.852 bits per heavy atom. The first-order valence-electron chi connectivity index (χ1n) is 8.57. The molecule has 0 bridgehead atoms. The van der Waals surface area contributed by atoms with Crippen molar-refractivity contribution in [3.8, 4) is 0 Å². The normalized spacial score (nSPS) is 13.1. The summed E-state index contributed by atoms with van der Waals surface area (Å²) >= 11 is -0.257. The molecule has 0 N–H and O–H groups in total. The Labute approximate surface area is 164 Å². The summed E-state index contributed by atoms with van der Waals surface area (Å²) in [5.41, 5.74) is -4.40. The number of thioether (sulfide) groups is 1. The van der Waals surface area contributed by atoms with Crippen LogP contribution in [-0.2, 0) is 10.0 Å². The Morgan fingerprint density at radius 3 is 1.67 bits per heavy atom. The molecule has 1 aromatic carbocycles. The highest BCUT2D eigenvalue weighted by Gasteiger charge is 2.30. The van der Waals surface area contributed by atoms with Crippen molar-refractivity contribution in [2.24, 2.45) is 0 Å². The average Bonchev–Trinajstić information content (AvgIpc) is 2.51. The Morgan fingerprint density at radius 2 is 1.30 bits per heavy atom. The van der Waals surface area contributed by atoms with E-state index in [9.17, 15) is 21.6 Å². The van der Waals surface area contributed by atoms with E-state index in [1.807, 2.05) is 38.0 Å². The molecule has 0 aliphatic carbocycles. The topological polar surface area (TPSA) is 43.9 Å². The number of halogens is 3. The Kier molecular flexibility index (Phi) is 9.56. The van der Waals surface area contributed by atoms with Crippen molar-refractivity contribution in [1.29, 1.82) is 0 Å². The lowest BCUT2D eigenvalue weighted by molar-refractivity contribution is -0.0328. The zero-order valence-electron chi connectivity index (χ0n) is 16.2. The van der Waals surface area contributed by atoms with Crippen molar-refractivity contribution < 1.29 is 21.6 Å². The highest BCUT2D eigenvalue weighted by atomic mass is 32.2. The Balaban J connectivity index is 2.92. The van der Waals surface area contributed by atoms with E-state index in [4.69, 9.17) is 0 Å². The van der Waals surface area contributed by atoms with E-state index in [2.05, 4.69) is 0 Å². The maximum absolute atomic E-state index is 13.0. The molecule has 1 rings (SSSR count).